The number of benzene rings is 4. The summed E-state index contributed by atoms with van der Waals surface area (Å²) in [5, 5.41) is 8.72. The van der Waals surface area contributed by atoms with Gasteiger partial charge in [0.05, 0.1) is 0 Å². The van der Waals surface area contributed by atoms with Crippen molar-refractivity contribution < 1.29 is 79.7 Å². The highest BCUT2D eigenvalue weighted by atomic mass is 32.2. The molecule has 64 heavy (non-hydrogen) atoms. The number of aromatic carboxylic acids is 1. The van der Waals surface area contributed by atoms with E-state index in [0.29, 0.717) is 16.7 Å². The van der Waals surface area contributed by atoms with Crippen LogP contribution in [0.25, 0.3) is 22.3 Å². The summed E-state index contributed by atoms with van der Waals surface area (Å²) in [5.41, 5.74) is -7.13. The van der Waals surface area contributed by atoms with Gasteiger partial charge in [-0.1, -0.05) is 87.0 Å². The molecule has 0 unspecified atom stereocenters. The van der Waals surface area contributed by atoms with Gasteiger partial charge in [-0.15, -0.1) is 0 Å². The minimum atomic E-state index is -6.09. The van der Waals surface area contributed by atoms with Crippen LogP contribution in [0.1, 0.15) is 66.6 Å². The maximum absolute atomic E-state index is 14.5. The predicted octanol–water partition coefficient (Wildman–Crippen LogP) is 11.2. The number of aryl methyl sites for hydroxylation is 2. The van der Waals surface area contributed by atoms with Crippen LogP contribution in [0.4, 0.5) is 43.9 Å². The van der Waals surface area contributed by atoms with Gasteiger partial charge in [0.1, 0.15) is 34.4 Å². The lowest BCUT2D eigenvalue weighted by Crippen LogP contribution is -2.21. The Morgan fingerprint density at radius 2 is 1.06 bits per heavy atom. The summed E-state index contributed by atoms with van der Waals surface area (Å²) in [6, 6.07) is 20.3. The molecule has 1 aliphatic heterocycles. The lowest BCUT2D eigenvalue weighted by molar-refractivity contribution is -0.0519. The summed E-state index contributed by atoms with van der Waals surface area (Å²) in [4.78, 5) is 10.7. The van der Waals surface area contributed by atoms with Crippen LogP contribution in [0.5, 0.6) is 0 Å². The molecule has 0 bridgehead atoms. The highest BCUT2D eigenvalue weighted by Crippen LogP contribution is 2.29. The first-order valence-electron chi connectivity index (χ1n) is 18.4. The van der Waals surface area contributed by atoms with Crippen molar-refractivity contribution in [2.24, 2.45) is 0 Å². The molecule has 0 aliphatic carbocycles. The van der Waals surface area contributed by atoms with E-state index in [-0.39, 0.29) is 5.56 Å². The van der Waals surface area contributed by atoms with Crippen molar-refractivity contribution in [3.8, 4) is 22.3 Å². The number of carbonyl (C=O) groups is 1. The van der Waals surface area contributed by atoms with Gasteiger partial charge in [0.2, 0.25) is 0 Å². The molecule has 4 aromatic carbocycles. The van der Waals surface area contributed by atoms with Gasteiger partial charge in [-0.3, -0.25) is 4.55 Å². The second-order valence-corrected chi connectivity index (χ2v) is 18.9. The number of carboxylic acids is 1. The van der Waals surface area contributed by atoms with E-state index in [4.69, 9.17) is 31.0 Å². The highest BCUT2D eigenvalue weighted by molar-refractivity contribution is 8.23. The number of thiol groups is 2. The van der Waals surface area contributed by atoms with Crippen LogP contribution < -0.4 is 0 Å². The van der Waals surface area contributed by atoms with Gasteiger partial charge < -0.3 is 9.66 Å². The Morgan fingerprint density at radius 3 is 1.31 bits per heavy atom. The van der Waals surface area contributed by atoms with Crippen molar-refractivity contribution in [3.63, 3.8) is 0 Å². The molecule has 0 aromatic heterocycles. The molecular weight excluding hydrogens is 991 g/mol. The summed E-state index contributed by atoms with van der Waals surface area (Å²) in [6.07, 6.45) is 6.29. The molecule has 5 rings (SSSR count). The molecule has 0 saturated carbocycles. The molecule has 0 spiro atoms. The second-order valence-electron chi connectivity index (χ2n) is 12.8. The molecule has 0 radical (unpaired) electrons. The van der Waals surface area contributed by atoms with Crippen LogP contribution in [-0.4, -0.2) is 75.2 Å². The van der Waals surface area contributed by atoms with Gasteiger partial charge in [0, 0.05) is 12.2 Å². The maximum Gasteiger partial charge on any atom is 0.522 e. The predicted molar refractivity (Wildman–Crippen MR) is 238 cm³/mol. The average Bonchev–Trinajstić information content (AvgIpc) is 3.18. The van der Waals surface area contributed by atoms with E-state index in [9.17, 15) is 48.7 Å². The van der Waals surface area contributed by atoms with E-state index in [1.54, 1.807) is 35.2 Å². The summed E-state index contributed by atoms with van der Waals surface area (Å²) in [6.45, 7) is 4.21. The van der Waals surface area contributed by atoms with Gasteiger partial charge in [0.15, 0.2) is 27.2 Å². The van der Waals surface area contributed by atoms with Crippen LogP contribution in [0.15, 0.2) is 72.8 Å². The van der Waals surface area contributed by atoms with Gasteiger partial charge in [0.25, 0.3) is 4.20 Å². The van der Waals surface area contributed by atoms with Crippen molar-refractivity contribution in [3.05, 3.63) is 118 Å². The third kappa shape index (κ3) is 20.0. The van der Waals surface area contributed by atoms with Crippen LogP contribution in [0.2, 0.25) is 0 Å². The number of alkyl halides is 6. The number of carboxylic acid groups (broad SMARTS) is 1. The second kappa shape index (κ2) is 27.3. The zero-order valence-corrected chi connectivity index (χ0v) is 38.7. The Hall–Kier alpha value is -3.39. The van der Waals surface area contributed by atoms with E-state index >= 15 is 0 Å². The summed E-state index contributed by atoms with van der Waals surface area (Å²) in [5.74, 6) is -0.874. The Kier molecular flexibility index (Phi) is 25.0. The molecule has 1 aliphatic rings. The molecule has 356 valence electrons. The number of halogens is 10. The van der Waals surface area contributed by atoms with E-state index in [2.05, 4.69) is 39.1 Å². The molecule has 0 amide bonds. The quantitative estimate of drug-likeness (QED) is 0.0304. The first kappa shape index (κ1) is 58.6. The summed E-state index contributed by atoms with van der Waals surface area (Å²) < 4.78 is 173. The van der Waals surface area contributed by atoms with Gasteiger partial charge in [-0.05, 0) is 88.4 Å². The molecular formula is C40H42F10O8S6. The lowest BCUT2D eigenvalue weighted by atomic mass is 10.0. The van der Waals surface area contributed by atoms with Crippen LogP contribution in [-0.2, 0) is 44.4 Å². The highest BCUT2D eigenvalue weighted by Gasteiger charge is 2.44. The van der Waals surface area contributed by atoms with Crippen LogP contribution >= 0.6 is 37.0 Å². The van der Waals surface area contributed by atoms with Crippen LogP contribution in [0.3, 0.4) is 0 Å². The van der Waals surface area contributed by atoms with Crippen molar-refractivity contribution >= 4 is 78.8 Å². The monoisotopic (exact) mass is 1030 g/mol. The minimum absolute atomic E-state index is 0.144. The minimum Gasteiger partial charge on any atom is -0.741 e. The zero-order chi connectivity index (χ0) is 49.1. The number of hydrogen-bond donors (Lipinski definition) is 4. The number of thioether (sulfide) groups is 1. The number of rotatable bonds is 10. The van der Waals surface area contributed by atoms with Gasteiger partial charge >= 0.3 is 27.1 Å². The summed E-state index contributed by atoms with van der Waals surface area (Å²) in [7, 11) is -11.9. The van der Waals surface area contributed by atoms with Gasteiger partial charge in [-0.2, -0.15) is 60.0 Å². The van der Waals surface area contributed by atoms with E-state index in [1.165, 1.54) is 17.7 Å². The van der Waals surface area contributed by atoms with E-state index in [1.807, 2.05) is 36.4 Å². The third-order valence-electron chi connectivity index (χ3n) is 7.80. The molecule has 4 aromatic rings. The molecule has 0 saturated heterocycles. The summed E-state index contributed by atoms with van der Waals surface area (Å²) >= 11 is 11.0. The molecule has 1 heterocycles. The first-order valence-corrected chi connectivity index (χ1v) is 24.5. The SMILES string of the molecule is CCCc1ccc(-c2cc(F)c(C(=O)O)c(F)c2)cc1.CCCc1ccc(-c2cc(F)c(C3=[S+]CCCS3)c(F)c2)cc1.O=S(=O)(O)C(F)(F)F.O=S(=O)([O-])C(F)(F)F.SCCCS. The van der Waals surface area contributed by atoms with Gasteiger partial charge in [-0.25, -0.2) is 30.8 Å². The largest absolute Gasteiger partial charge is 0.741 e. The molecule has 24 heteroatoms. The zero-order valence-electron chi connectivity index (χ0n) is 33.7. The fourth-order valence-corrected chi connectivity index (χ4v) is 8.04. The van der Waals surface area contributed by atoms with Crippen molar-refractivity contribution in [1.82, 2.24) is 0 Å². The third-order valence-corrected chi connectivity index (χ3v) is 12.2. The van der Waals surface area contributed by atoms with Crippen molar-refractivity contribution in [2.45, 2.75) is 63.4 Å². The fraction of sp³-hybridized carbons (Fsp3) is 0.350. The normalized spacial score (nSPS) is 12.7. The van der Waals surface area contributed by atoms with E-state index < -0.39 is 66.1 Å². The fourth-order valence-electron chi connectivity index (χ4n) is 4.83. The lowest BCUT2D eigenvalue weighted by Gasteiger charge is -2.09. The maximum atomic E-state index is 14.5. The topological polar surface area (TPSA) is 149 Å². The molecule has 2 N–H and O–H groups in total. The van der Waals surface area contributed by atoms with Crippen LogP contribution in [0, 0.1) is 23.3 Å². The Bertz CT molecular complexity index is 2270. The van der Waals surface area contributed by atoms with Crippen molar-refractivity contribution in [2.75, 3.05) is 23.0 Å². The smallest absolute Gasteiger partial charge is 0.522 e. The Morgan fingerprint density at radius 1 is 0.703 bits per heavy atom. The molecule has 0 atom stereocenters. The Balaban J connectivity index is 0.000000450. The Labute approximate surface area is 383 Å². The molecule has 0 fully saturated rings. The number of hydrogen-bond acceptors (Lipinski definition) is 9. The van der Waals surface area contributed by atoms with E-state index in [0.717, 1.165) is 89.0 Å². The van der Waals surface area contributed by atoms with Crippen molar-refractivity contribution in [1.29, 1.82) is 0 Å². The molecule has 8 nitrogen and oxygen atoms in total. The standard InChI is InChI=1S/C19H19F2S2.C16H14F2O2.C3H8S2.2CHF3O3S/c1-2-4-13-5-7-14(8-6-13)15-11-16(20)18(17(21)12-15)19-22-9-3-10-23-19;1-2-3-10-4-6-11(7-5-10)12-8-13(17)15(16(19)20)14(18)9-12;4-2-1-3-5;2*2-1(3,4)8(5,6)7/h5-8,11-12H,2-4,9-10H2,1H3;4-9H,2-3H2,1H3,(H,19,20);4-5H,1-3H2;2*(H,5,6,7)/q+1;;;;/p-1. The average molecular weight is 1030 g/mol. The first-order chi connectivity index (χ1) is 29.6.